The number of rotatable bonds is 3. The Kier molecular flexibility index (Phi) is 5.95. The lowest BCUT2D eigenvalue weighted by molar-refractivity contribution is 0.121. The molecule has 120 valence electrons. The van der Waals surface area contributed by atoms with E-state index in [0.717, 1.165) is 18.7 Å². The molecular formula is C17H25N3O2. The lowest BCUT2D eigenvalue weighted by atomic mass is 10.0. The minimum absolute atomic E-state index is 0.524. The maximum Gasteiger partial charge on any atom is 0.266 e. The van der Waals surface area contributed by atoms with Crippen LogP contribution in [0, 0.1) is 0 Å². The lowest BCUT2D eigenvalue weighted by Crippen LogP contribution is -2.36. The SMILES string of the molecule is CC.CC(C)c1ccc(-c2nc(N3CCOCC3)no2)cc1. The predicted octanol–water partition coefficient (Wildman–Crippen LogP) is 3.72. The van der Waals surface area contributed by atoms with Crippen LogP contribution in [0.4, 0.5) is 5.95 Å². The van der Waals surface area contributed by atoms with Crippen LogP contribution >= 0.6 is 0 Å². The van der Waals surface area contributed by atoms with Gasteiger partial charge in [0.1, 0.15) is 0 Å². The Morgan fingerprint density at radius 2 is 1.68 bits per heavy atom. The fourth-order valence-electron chi connectivity index (χ4n) is 2.24. The van der Waals surface area contributed by atoms with Crippen LogP contribution in [0.2, 0.25) is 0 Å². The van der Waals surface area contributed by atoms with Crippen molar-refractivity contribution in [2.75, 3.05) is 31.2 Å². The molecule has 0 spiro atoms. The first-order chi connectivity index (χ1) is 10.7. The number of morpholine rings is 1. The van der Waals surface area contributed by atoms with E-state index in [0.29, 0.717) is 31.0 Å². The second-order valence-corrected chi connectivity index (χ2v) is 5.28. The number of ether oxygens (including phenoxy) is 1. The Morgan fingerprint density at radius 1 is 1.05 bits per heavy atom. The van der Waals surface area contributed by atoms with Crippen LogP contribution in [0.25, 0.3) is 11.5 Å². The molecular weight excluding hydrogens is 278 g/mol. The van der Waals surface area contributed by atoms with Crippen LogP contribution < -0.4 is 4.90 Å². The van der Waals surface area contributed by atoms with Gasteiger partial charge < -0.3 is 14.2 Å². The van der Waals surface area contributed by atoms with Gasteiger partial charge in [-0.3, -0.25) is 0 Å². The Hall–Kier alpha value is -1.88. The van der Waals surface area contributed by atoms with E-state index in [9.17, 15) is 0 Å². The van der Waals surface area contributed by atoms with Crippen molar-refractivity contribution in [2.24, 2.45) is 0 Å². The summed E-state index contributed by atoms with van der Waals surface area (Å²) in [6, 6.07) is 8.29. The van der Waals surface area contributed by atoms with E-state index in [2.05, 4.69) is 41.0 Å². The van der Waals surface area contributed by atoms with Crippen molar-refractivity contribution >= 4 is 5.95 Å². The van der Waals surface area contributed by atoms with Gasteiger partial charge >= 0.3 is 0 Å². The molecule has 0 saturated carbocycles. The number of anilines is 1. The van der Waals surface area contributed by atoms with Gasteiger partial charge in [0.05, 0.1) is 13.2 Å². The molecule has 5 nitrogen and oxygen atoms in total. The third kappa shape index (κ3) is 3.85. The van der Waals surface area contributed by atoms with Crippen molar-refractivity contribution < 1.29 is 9.26 Å². The molecule has 0 aliphatic carbocycles. The summed E-state index contributed by atoms with van der Waals surface area (Å²) in [5.41, 5.74) is 2.27. The number of aromatic nitrogens is 2. The summed E-state index contributed by atoms with van der Waals surface area (Å²) in [5.74, 6) is 1.74. The zero-order valence-electron chi connectivity index (χ0n) is 13.9. The van der Waals surface area contributed by atoms with Gasteiger partial charge in [0.15, 0.2) is 0 Å². The highest BCUT2D eigenvalue weighted by atomic mass is 16.5. The van der Waals surface area contributed by atoms with E-state index in [4.69, 9.17) is 9.26 Å². The van der Waals surface area contributed by atoms with Gasteiger partial charge in [-0.1, -0.05) is 39.8 Å². The largest absolute Gasteiger partial charge is 0.378 e. The second kappa shape index (κ2) is 7.94. The summed E-state index contributed by atoms with van der Waals surface area (Å²) in [6.45, 7) is 11.4. The van der Waals surface area contributed by atoms with Crippen LogP contribution in [0.3, 0.4) is 0 Å². The minimum Gasteiger partial charge on any atom is -0.378 e. The van der Waals surface area contributed by atoms with Gasteiger partial charge in [-0.15, -0.1) is 0 Å². The molecule has 1 aromatic carbocycles. The molecule has 1 fully saturated rings. The summed E-state index contributed by atoms with van der Waals surface area (Å²) in [4.78, 5) is 6.55. The highest BCUT2D eigenvalue weighted by molar-refractivity contribution is 5.55. The van der Waals surface area contributed by atoms with Crippen molar-refractivity contribution in [1.82, 2.24) is 10.1 Å². The second-order valence-electron chi connectivity index (χ2n) is 5.28. The van der Waals surface area contributed by atoms with Crippen molar-refractivity contribution in [1.29, 1.82) is 0 Å². The van der Waals surface area contributed by atoms with E-state index in [-0.39, 0.29) is 0 Å². The molecule has 22 heavy (non-hydrogen) atoms. The maximum atomic E-state index is 5.36. The van der Waals surface area contributed by atoms with Crippen LogP contribution in [0.5, 0.6) is 0 Å². The Labute approximate surface area is 132 Å². The molecule has 0 unspecified atom stereocenters. The smallest absolute Gasteiger partial charge is 0.266 e. The molecule has 0 amide bonds. The number of hydrogen-bond acceptors (Lipinski definition) is 5. The summed E-state index contributed by atoms with van der Waals surface area (Å²) in [6.07, 6.45) is 0. The van der Waals surface area contributed by atoms with Crippen molar-refractivity contribution in [3.63, 3.8) is 0 Å². The van der Waals surface area contributed by atoms with E-state index < -0.39 is 0 Å². The Morgan fingerprint density at radius 3 is 2.27 bits per heavy atom. The third-order valence-electron chi connectivity index (χ3n) is 3.53. The molecule has 2 aromatic rings. The Bertz CT molecular complexity index is 558. The molecule has 0 bridgehead atoms. The molecule has 3 rings (SSSR count). The molecule has 1 saturated heterocycles. The van der Waals surface area contributed by atoms with Gasteiger partial charge in [-0.05, 0) is 28.8 Å². The molecule has 1 aliphatic heterocycles. The molecule has 1 aliphatic rings. The Balaban J connectivity index is 0.000000847. The summed E-state index contributed by atoms with van der Waals surface area (Å²) in [5, 5.41) is 4.06. The number of benzene rings is 1. The van der Waals surface area contributed by atoms with Crippen LogP contribution in [-0.2, 0) is 4.74 Å². The third-order valence-corrected chi connectivity index (χ3v) is 3.53. The average Bonchev–Trinajstić information content (AvgIpc) is 3.08. The zero-order chi connectivity index (χ0) is 15.9. The van der Waals surface area contributed by atoms with Crippen molar-refractivity contribution in [2.45, 2.75) is 33.6 Å². The molecule has 1 aromatic heterocycles. The molecule has 0 atom stereocenters. The van der Waals surface area contributed by atoms with E-state index in [1.807, 2.05) is 26.0 Å². The summed E-state index contributed by atoms with van der Waals surface area (Å²) in [7, 11) is 0. The van der Waals surface area contributed by atoms with Gasteiger partial charge in [-0.2, -0.15) is 4.98 Å². The van der Waals surface area contributed by atoms with Crippen molar-refractivity contribution in [3.8, 4) is 11.5 Å². The van der Waals surface area contributed by atoms with E-state index in [1.165, 1.54) is 5.56 Å². The first-order valence-corrected chi connectivity index (χ1v) is 8.01. The molecule has 5 heteroatoms. The van der Waals surface area contributed by atoms with Gasteiger partial charge in [-0.25, -0.2) is 0 Å². The fourth-order valence-corrected chi connectivity index (χ4v) is 2.24. The summed E-state index contributed by atoms with van der Waals surface area (Å²) >= 11 is 0. The topological polar surface area (TPSA) is 51.4 Å². The van der Waals surface area contributed by atoms with Gasteiger partial charge in [0.2, 0.25) is 0 Å². The highest BCUT2D eigenvalue weighted by Crippen LogP contribution is 2.23. The fraction of sp³-hybridized carbons (Fsp3) is 0.529. The van der Waals surface area contributed by atoms with E-state index >= 15 is 0 Å². The lowest BCUT2D eigenvalue weighted by Gasteiger charge is -2.24. The first kappa shape index (κ1) is 16.5. The van der Waals surface area contributed by atoms with Gasteiger partial charge in [0, 0.05) is 18.7 Å². The van der Waals surface area contributed by atoms with E-state index in [1.54, 1.807) is 0 Å². The van der Waals surface area contributed by atoms with Crippen LogP contribution in [0.15, 0.2) is 28.8 Å². The predicted molar refractivity (Wildman–Crippen MR) is 88.2 cm³/mol. The normalized spacial score (nSPS) is 14.7. The zero-order valence-corrected chi connectivity index (χ0v) is 13.9. The molecule has 0 radical (unpaired) electrons. The molecule has 0 N–H and O–H groups in total. The first-order valence-electron chi connectivity index (χ1n) is 8.01. The van der Waals surface area contributed by atoms with Crippen LogP contribution in [-0.4, -0.2) is 36.4 Å². The number of nitrogens with zero attached hydrogens (tertiary/aromatic N) is 3. The highest BCUT2D eigenvalue weighted by Gasteiger charge is 2.17. The minimum atomic E-state index is 0.524. The van der Waals surface area contributed by atoms with Crippen LogP contribution in [0.1, 0.15) is 39.2 Å². The number of hydrogen-bond donors (Lipinski definition) is 0. The standard InChI is InChI=1S/C15H19N3O2.C2H6/c1-11(2)12-3-5-13(6-4-12)14-16-15(17-20-14)18-7-9-19-10-8-18;1-2/h3-6,11H,7-10H2,1-2H3;1-2H3. The molecule has 2 heterocycles. The summed E-state index contributed by atoms with van der Waals surface area (Å²) < 4.78 is 10.7. The monoisotopic (exact) mass is 303 g/mol. The quantitative estimate of drug-likeness (QED) is 0.865. The van der Waals surface area contributed by atoms with Crippen molar-refractivity contribution in [3.05, 3.63) is 29.8 Å². The maximum absolute atomic E-state index is 5.36. The average molecular weight is 303 g/mol. The van der Waals surface area contributed by atoms with Gasteiger partial charge in [0.25, 0.3) is 11.8 Å².